The Hall–Kier alpha value is 0.117. The minimum atomic E-state index is -1.03. The number of carboxylic acids is 1. The van der Waals surface area contributed by atoms with E-state index < -0.39 is 5.97 Å². The van der Waals surface area contributed by atoms with Crippen molar-refractivity contribution in [1.29, 1.82) is 5.41 Å². The minimum Gasteiger partial charge on any atom is -0.480 e. The number of guanidine groups is 1. The quantitative estimate of drug-likeness (QED) is 0.359. The summed E-state index contributed by atoms with van der Waals surface area (Å²) in [6, 6.07) is 0. The normalized spacial score (nSPS) is 7.11. The monoisotopic (exact) mass is 257 g/mol. The van der Waals surface area contributed by atoms with Crippen LogP contribution in [-0.4, -0.2) is 23.6 Å². The predicted molar refractivity (Wildman–Crippen MR) is 27.6 cm³/mol. The van der Waals surface area contributed by atoms with Crippen molar-refractivity contribution in [3.05, 3.63) is 0 Å². The summed E-state index contributed by atoms with van der Waals surface area (Å²) in [4.78, 5) is 9.69. The van der Waals surface area contributed by atoms with Crippen LogP contribution >= 0.6 is 0 Å². The molecule has 6 heteroatoms. The van der Waals surface area contributed by atoms with Gasteiger partial charge in [-0.25, -0.2) is 0 Å². The van der Waals surface area contributed by atoms with Gasteiger partial charge in [0.1, 0.15) is 6.54 Å². The summed E-state index contributed by atoms with van der Waals surface area (Å²) in [5.41, 5.74) is 4.75. The number of carbonyl (C=O) groups is 1. The number of hydrogen-bond donors (Lipinski definition) is 4. The Balaban J connectivity index is 0. The van der Waals surface area contributed by atoms with Crippen LogP contribution in [0.25, 0.3) is 0 Å². The van der Waals surface area contributed by atoms with Crippen LogP contribution in [0.4, 0.5) is 0 Å². The number of carboxylic acid groups (broad SMARTS) is 1. The van der Waals surface area contributed by atoms with Gasteiger partial charge in [0, 0.05) is 41.7 Å². The van der Waals surface area contributed by atoms with E-state index in [9.17, 15) is 4.79 Å². The molecule has 0 aliphatic carbocycles. The topological polar surface area (TPSA) is 99.2 Å². The van der Waals surface area contributed by atoms with Crippen LogP contribution < -0.4 is 11.1 Å². The molecular weight excluding hydrogens is 250 g/mol. The van der Waals surface area contributed by atoms with Gasteiger partial charge in [0.2, 0.25) is 0 Å². The summed E-state index contributed by atoms with van der Waals surface area (Å²) in [5.74, 6) is -1.35. The molecule has 0 fully saturated rings. The van der Waals surface area contributed by atoms with Gasteiger partial charge in [-0.2, -0.15) is 0 Å². The maximum absolute atomic E-state index is 9.69. The Morgan fingerprint density at radius 2 is 2.22 bits per heavy atom. The number of rotatable bonds is 2. The molecular formula is C3H7CeN3O2. The van der Waals surface area contributed by atoms with Crippen LogP contribution in [0.1, 0.15) is 0 Å². The first kappa shape index (κ1) is 11.9. The molecule has 0 amide bonds. The van der Waals surface area contributed by atoms with Crippen molar-refractivity contribution in [1.82, 2.24) is 5.32 Å². The van der Waals surface area contributed by atoms with Crippen LogP contribution in [0.15, 0.2) is 0 Å². The first-order chi connectivity index (χ1) is 3.63. The Labute approximate surface area is 85.9 Å². The smallest absolute Gasteiger partial charge is 0.322 e. The van der Waals surface area contributed by atoms with Crippen LogP contribution in [0.5, 0.6) is 0 Å². The molecule has 0 rings (SSSR count). The Morgan fingerprint density at radius 1 is 1.78 bits per heavy atom. The summed E-state index contributed by atoms with van der Waals surface area (Å²) < 4.78 is 0. The summed E-state index contributed by atoms with van der Waals surface area (Å²) in [5, 5.41) is 16.5. The standard InChI is InChI=1S/C3H7N3O2.Ce/c4-3(5)6-1-2(7)8;/h1H2,(H,7,8)(H4,4,5,6);. The minimum absolute atomic E-state index is 0. The van der Waals surface area contributed by atoms with E-state index in [1.165, 1.54) is 0 Å². The van der Waals surface area contributed by atoms with Crippen molar-refractivity contribution in [3.8, 4) is 0 Å². The van der Waals surface area contributed by atoms with E-state index in [2.05, 4.69) is 5.32 Å². The zero-order valence-corrected chi connectivity index (χ0v) is 7.78. The third-order valence-electron chi connectivity index (χ3n) is 0.430. The average molecular weight is 257 g/mol. The van der Waals surface area contributed by atoms with Crippen molar-refractivity contribution in [2.75, 3.05) is 6.54 Å². The zero-order valence-electron chi connectivity index (χ0n) is 4.64. The predicted octanol–water partition coefficient (Wildman–Crippen LogP) is -1.45. The molecule has 0 radical (unpaired) electrons. The average Bonchev–Trinajstić information content (AvgIpc) is 1.61. The van der Waals surface area contributed by atoms with E-state index in [0.29, 0.717) is 0 Å². The summed E-state index contributed by atoms with van der Waals surface area (Å²) in [6.07, 6.45) is 0. The van der Waals surface area contributed by atoms with Gasteiger partial charge in [0.25, 0.3) is 0 Å². The fourth-order valence-electron chi connectivity index (χ4n) is 0.171. The van der Waals surface area contributed by atoms with Gasteiger partial charge in [-0.15, -0.1) is 0 Å². The first-order valence-electron chi connectivity index (χ1n) is 1.92. The van der Waals surface area contributed by atoms with Gasteiger partial charge < -0.3 is 16.2 Å². The molecule has 0 aliphatic rings. The molecule has 0 atom stereocenters. The third kappa shape index (κ3) is 11.6. The SMILES string of the molecule is N=C(N)NCC(=O)O.[Ce]. The molecule has 0 saturated heterocycles. The molecule has 5 nitrogen and oxygen atoms in total. The van der Waals surface area contributed by atoms with E-state index in [0.717, 1.165) is 0 Å². The van der Waals surface area contributed by atoms with Crippen molar-refractivity contribution >= 4 is 11.9 Å². The molecule has 0 aromatic heterocycles. The van der Waals surface area contributed by atoms with Crippen molar-refractivity contribution in [3.63, 3.8) is 0 Å². The van der Waals surface area contributed by atoms with Crippen LogP contribution in [0.3, 0.4) is 0 Å². The molecule has 9 heavy (non-hydrogen) atoms. The van der Waals surface area contributed by atoms with Gasteiger partial charge in [-0.3, -0.25) is 10.2 Å². The Kier molecular flexibility index (Phi) is 8.22. The van der Waals surface area contributed by atoms with E-state index >= 15 is 0 Å². The summed E-state index contributed by atoms with van der Waals surface area (Å²) in [7, 11) is 0. The van der Waals surface area contributed by atoms with E-state index in [1.54, 1.807) is 0 Å². The summed E-state index contributed by atoms with van der Waals surface area (Å²) >= 11 is 0. The van der Waals surface area contributed by atoms with E-state index in [-0.39, 0.29) is 54.3 Å². The molecule has 0 aromatic carbocycles. The van der Waals surface area contributed by atoms with Crippen LogP contribution in [0.2, 0.25) is 0 Å². The second kappa shape index (κ2) is 6.24. The van der Waals surface area contributed by atoms with Crippen LogP contribution in [-0.2, 0) is 4.79 Å². The fourth-order valence-corrected chi connectivity index (χ4v) is 0.171. The van der Waals surface area contributed by atoms with Gasteiger partial charge in [0.05, 0.1) is 0 Å². The number of nitrogens with two attached hydrogens (primary N) is 1. The number of hydrogen-bond acceptors (Lipinski definition) is 2. The van der Waals surface area contributed by atoms with Gasteiger partial charge >= 0.3 is 5.97 Å². The second-order valence-corrected chi connectivity index (χ2v) is 1.16. The molecule has 0 heterocycles. The van der Waals surface area contributed by atoms with E-state index in [1.807, 2.05) is 0 Å². The van der Waals surface area contributed by atoms with Crippen molar-refractivity contribution < 1.29 is 51.6 Å². The summed E-state index contributed by atoms with van der Waals surface area (Å²) in [6.45, 7) is -0.296. The second-order valence-electron chi connectivity index (χ2n) is 1.16. The Morgan fingerprint density at radius 3 is 2.33 bits per heavy atom. The van der Waals surface area contributed by atoms with Gasteiger partial charge in [-0.1, -0.05) is 0 Å². The molecule has 0 spiro atoms. The van der Waals surface area contributed by atoms with Crippen molar-refractivity contribution in [2.45, 2.75) is 0 Å². The van der Waals surface area contributed by atoms with Crippen molar-refractivity contribution in [2.24, 2.45) is 5.73 Å². The zero-order chi connectivity index (χ0) is 6.57. The van der Waals surface area contributed by atoms with Gasteiger partial charge in [0.15, 0.2) is 5.96 Å². The maximum atomic E-state index is 9.69. The fraction of sp³-hybridized carbons (Fsp3) is 0.333. The first-order valence-corrected chi connectivity index (χ1v) is 1.92. The molecule has 0 bridgehead atoms. The molecule has 0 unspecified atom stereocenters. The maximum Gasteiger partial charge on any atom is 0.322 e. The molecule has 50 valence electrons. The number of aliphatic carboxylic acids is 1. The molecule has 0 saturated carbocycles. The number of nitrogens with one attached hydrogen (secondary N) is 2. The largest absolute Gasteiger partial charge is 0.480 e. The molecule has 0 aromatic rings. The molecule has 5 N–H and O–H groups in total. The third-order valence-corrected chi connectivity index (χ3v) is 0.430. The Bertz CT molecular complexity index is 102. The van der Waals surface area contributed by atoms with Gasteiger partial charge in [-0.05, 0) is 0 Å². The van der Waals surface area contributed by atoms with Crippen LogP contribution in [0, 0.1) is 47.2 Å². The van der Waals surface area contributed by atoms with E-state index in [4.69, 9.17) is 16.2 Å². The molecule has 0 aliphatic heterocycles.